The van der Waals surface area contributed by atoms with Crippen molar-refractivity contribution < 1.29 is 19.2 Å². The summed E-state index contributed by atoms with van der Waals surface area (Å²) in [7, 11) is 0. The molecule has 2 heterocycles. The van der Waals surface area contributed by atoms with Crippen LogP contribution >= 0.6 is 0 Å². The summed E-state index contributed by atoms with van der Waals surface area (Å²) in [5.41, 5.74) is 5.94. The molecule has 7 heteroatoms. The molecule has 0 spiro atoms. The smallest absolute Gasteiger partial charge is 0.267 e. The summed E-state index contributed by atoms with van der Waals surface area (Å²) < 4.78 is 11.2. The maximum absolute atomic E-state index is 11.0. The van der Waals surface area contributed by atoms with Crippen LogP contribution in [0.2, 0.25) is 0 Å². The number of carbonyl (C=O) groups excluding carboxylic acids is 1. The molecule has 1 amide bonds. The van der Waals surface area contributed by atoms with Gasteiger partial charge in [-0.15, -0.1) is 0 Å². The predicted molar refractivity (Wildman–Crippen MR) is 122 cm³/mol. The zero-order chi connectivity index (χ0) is 22.2. The number of nitrogens with one attached hydrogen (secondary N) is 3. The average molecular weight is 431 g/mol. The van der Waals surface area contributed by atoms with Crippen LogP contribution in [-0.2, 0) is 24.4 Å². The molecular weight excluding hydrogens is 406 g/mol. The van der Waals surface area contributed by atoms with Crippen molar-refractivity contribution in [2.24, 2.45) is 0 Å². The third-order valence-electron chi connectivity index (χ3n) is 5.12. The Morgan fingerprint density at radius 1 is 1.16 bits per heavy atom. The van der Waals surface area contributed by atoms with Crippen LogP contribution in [0.25, 0.3) is 17.0 Å². The van der Waals surface area contributed by atoms with Crippen LogP contribution in [0.15, 0.2) is 77.6 Å². The van der Waals surface area contributed by atoms with Crippen LogP contribution in [0.4, 0.5) is 0 Å². The highest BCUT2D eigenvalue weighted by Crippen LogP contribution is 2.24. The molecule has 0 aliphatic heterocycles. The van der Waals surface area contributed by atoms with Crippen LogP contribution in [-0.4, -0.2) is 22.6 Å². The Morgan fingerprint density at radius 3 is 2.81 bits per heavy atom. The van der Waals surface area contributed by atoms with Crippen molar-refractivity contribution >= 4 is 22.9 Å². The molecule has 0 radical (unpaired) electrons. The Bertz CT molecular complexity index is 1180. The minimum absolute atomic E-state index is 0.406. The number of furan rings is 1. The van der Waals surface area contributed by atoms with Gasteiger partial charge in [0.15, 0.2) is 0 Å². The maximum atomic E-state index is 11.0. The lowest BCUT2D eigenvalue weighted by molar-refractivity contribution is -0.124. The lowest BCUT2D eigenvalue weighted by Crippen LogP contribution is -2.16. The largest absolute Gasteiger partial charge is 0.486 e. The molecule has 0 saturated carbocycles. The molecule has 4 N–H and O–H groups in total. The molecule has 0 fully saturated rings. The van der Waals surface area contributed by atoms with Crippen molar-refractivity contribution in [3.8, 4) is 5.75 Å². The van der Waals surface area contributed by atoms with E-state index in [2.05, 4.69) is 16.4 Å². The number of hydrogen-bond acceptors (Lipinski definition) is 5. The quantitative estimate of drug-likeness (QED) is 0.131. The van der Waals surface area contributed by atoms with E-state index in [0.29, 0.717) is 6.61 Å². The number of aromatic amines is 1. The minimum Gasteiger partial charge on any atom is -0.486 e. The lowest BCUT2D eigenvalue weighted by Gasteiger charge is -2.07. The van der Waals surface area contributed by atoms with Crippen molar-refractivity contribution in [1.29, 1.82) is 0 Å². The number of hydroxylamine groups is 1. The number of H-pyrrole nitrogens is 1. The number of carbonyl (C=O) groups is 1. The average Bonchev–Trinajstić information content (AvgIpc) is 3.49. The van der Waals surface area contributed by atoms with Gasteiger partial charge >= 0.3 is 0 Å². The number of benzene rings is 2. The molecule has 0 unspecified atom stereocenters. The van der Waals surface area contributed by atoms with E-state index in [0.717, 1.165) is 53.0 Å². The van der Waals surface area contributed by atoms with E-state index in [9.17, 15) is 4.79 Å². The van der Waals surface area contributed by atoms with Crippen LogP contribution < -0.4 is 15.5 Å². The first-order valence-corrected chi connectivity index (χ1v) is 10.4. The molecule has 32 heavy (non-hydrogen) atoms. The van der Waals surface area contributed by atoms with Crippen LogP contribution in [0.3, 0.4) is 0 Å². The van der Waals surface area contributed by atoms with E-state index in [1.165, 1.54) is 11.6 Å². The Balaban J connectivity index is 1.28. The molecule has 0 bridgehead atoms. The molecule has 4 aromatic rings. The molecule has 7 nitrogen and oxygen atoms in total. The Kier molecular flexibility index (Phi) is 7.01. The summed E-state index contributed by atoms with van der Waals surface area (Å²) >= 11 is 0. The highest BCUT2D eigenvalue weighted by Gasteiger charge is 2.06. The van der Waals surface area contributed by atoms with Crippen molar-refractivity contribution in [3.63, 3.8) is 0 Å². The highest BCUT2D eigenvalue weighted by molar-refractivity contribution is 5.90. The zero-order valence-electron chi connectivity index (χ0n) is 17.5. The summed E-state index contributed by atoms with van der Waals surface area (Å²) in [5, 5.41) is 13.1. The number of rotatable bonds is 10. The topological polar surface area (TPSA) is 99.5 Å². The van der Waals surface area contributed by atoms with Gasteiger partial charge in [-0.1, -0.05) is 24.3 Å². The second-order valence-corrected chi connectivity index (χ2v) is 7.37. The van der Waals surface area contributed by atoms with Gasteiger partial charge in [-0.2, -0.15) is 0 Å². The summed E-state index contributed by atoms with van der Waals surface area (Å²) in [4.78, 5) is 14.4. The molecule has 2 aromatic heterocycles. The fourth-order valence-corrected chi connectivity index (χ4v) is 3.41. The first kappa shape index (κ1) is 21.4. The number of amides is 1. The molecule has 0 saturated heterocycles. The van der Waals surface area contributed by atoms with E-state index in [1.54, 1.807) is 17.8 Å². The van der Waals surface area contributed by atoms with Crippen LogP contribution in [0, 0.1) is 0 Å². The molecule has 0 aliphatic rings. The maximum Gasteiger partial charge on any atom is 0.267 e. The van der Waals surface area contributed by atoms with Gasteiger partial charge in [0.1, 0.15) is 18.1 Å². The van der Waals surface area contributed by atoms with E-state index >= 15 is 0 Å². The molecule has 2 aromatic carbocycles. The Hall–Kier alpha value is -3.81. The van der Waals surface area contributed by atoms with E-state index in [-0.39, 0.29) is 0 Å². The molecule has 0 atom stereocenters. The summed E-state index contributed by atoms with van der Waals surface area (Å²) in [5.74, 6) is 1.06. The fraction of sp³-hybridized carbons (Fsp3) is 0.160. The number of aromatic nitrogens is 1. The van der Waals surface area contributed by atoms with Gasteiger partial charge < -0.3 is 19.5 Å². The zero-order valence-corrected chi connectivity index (χ0v) is 17.5. The monoisotopic (exact) mass is 431 g/mol. The minimum atomic E-state index is -0.552. The van der Waals surface area contributed by atoms with Crippen LogP contribution in [0.5, 0.6) is 5.75 Å². The number of hydrogen-bond donors (Lipinski definition) is 4. The Morgan fingerprint density at radius 2 is 2.03 bits per heavy atom. The summed E-state index contributed by atoms with van der Waals surface area (Å²) in [6, 6.07) is 17.7. The van der Waals surface area contributed by atoms with Gasteiger partial charge in [-0.3, -0.25) is 10.0 Å². The normalized spacial score (nSPS) is 11.3. The first-order chi connectivity index (χ1) is 15.7. The summed E-state index contributed by atoms with van der Waals surface area (Å²) in [6.07, 6.45) is 7.50. The van der Waals surface area contributed by atoms with Crippen molar-refractivity contribution in [2.75, 3.05) is 6.54 Å². The second kappa shape index (κ2) is 10.5. The predicted octanol–water partition coefficient (Wildman–Crippen LogP) is 4.19. The van der Waals surface area contributed by atoms with Crippen molar-refractivity contribution in [2.45, 2.75) is 19.6 Å². The molecule has 164 valence electrons. The highest BCUT2D eigenvalue weighted by atomic mass is 16.5. The molecular formula is C25H25N3O4. The van der Waals surface area contributed by atoms with E-state index < -0.39 is 5.91 Å². The van der Waals surface area contributed by atoms with Crippen molar-refractivity contribution in [1.82, 2.24) is 15.8 Å². The fourth-order valence-electron chi connectivity index (χ4n) is 3.41. The van der Waals surface area contributed by atoms with Gasteiger partial charge in [0.25, 0.3) is 5.91 Å². The second-order valence-electron chi connectivity index (χ2n) is 7.37. The SMILES string of the molecule is O=C(/C=C/c1ccc(CNCCc2c[nH]c3ccc(OCc4ccco4)cc23)cc1)NO. The standard InChI is InChI=1S/C25H25N3O4/c29-25(28-30)10-7-18-3-5-19(6-4-18)15-26-12-11-20-16-27-24-9-8-21(14-23(20)24)32-17-22-2-1-13-31-22/h1-10,13-14,16,26-27,30H,11-12,15,17H2,(H,28,29)/b10-7+. The first-order valence-electron chi connectivity index (χ1n) is 10.4. The van der Waals surface area contributed by atoms with E-state index in [4.69, 9.17) is 14.4 Å². The van der Waals surface area contributed by atoms with Crippen LogP contribution in [0.1, 0.15) is 22.5 Å². The lowest BCUT2D eigenvalue weighted by atomic mass is 10.1. The van der Waals surface area contributed by atoms with Gasteiger partial charge in [-0.05, 0) is 66.1 Å². The molecule has 0 aliphatic carbocycles. The van der Waals surface area contributed by atoms with Gasteiger partial charge in [-0.25, -0.2) is 5.48 Å². The molecule has 4 rings (SSSR count). The van der Waals surface area contributed by atoms with Gasteiger partial charge in [0.2, 0.25) is 0 Å². The third-order valence-corrected chi connectivity index (χ3v) is 5.12. The Labute approximate surface area is 185 Å². The van der Waals surface area contributed by atoms with Gasteiger partial charge in [0, 0.05) is 29.7 Å². The van der Waals surface area contributed by atoms with E-state index in [1.807, 2.05) is 54.7 Å². The number of ether oxygens (including phenoxy) is 1. The van der Waals surface area contributed by atoms with Gasteiger partial charge in [0.05, 0.1) is 6.26 Å². The number of fused-ring (bicyclic) bond motifs is 1. The summed E-state index contributed by atoms with van der Waals surface area (Å²) in [6.45, 7) is 1.99. The third kappa shape index (κ3) is 5.66. The van der Waals surface area contributed by atoms with Crippen molar-refractivity contribution in [3.05, 3.63) is 95.6 Å².